The number of rotatable bonds is 1. The van der Waals surface area contributed by atoms with Gasteiger partial charge in [-0.25, -0.2) is 0 Å². The predicted molar refractivity (Wildman–Crippen MR) is 51.5 cm³/mol. The second-order valence-electron chi connectivity index (χ2n) is 3.44. The molecule has 1 fully saturated rings. The van der Waals surface area contributed by atoms with Gasteiger partial charge in [-0.2, -0.15) is 5.26 Å². The lowest BCUT2D eigenvalue weighted by molar-refractivity contribution is 0.0123. The normalized spacial score (nSPS) is 21.5. The third-order valence-corrected chi connectivity index (χ3v) is 2.43. The molecule has 0 radical (unpaired) electrons. The SMILES string of the molecule is N#Cc1ccc(C2CCCCO2)nc1. The molecule has 0 aromatic carbocycles. The van der Waals surface area contributed by atoms with Gasteiger partial charge in [-0.1, -0.05) is 0 Å². The van der Waals surface area contributed by atoms with Crippen molar-refractivity contribution in [2.75, 3.05) is 6.61 Å². The minimum absolute atomic E-state index is 0.136. The van der Waals surface area contributed by atoms with Crippen molar-refractivity contribution >= 4 is 0 Å². The van der Waals surface area contributed by atoms with Gasteiger partial charge in [0.05, 0.1) is 17.4 Å². The van der Waals surface area contributed by atoms with Gasteiger partial charge in [0.15, 0.2) is 0 Å². The van der Waals surface area contributed by atoms with Crippen LogP contribution in [-0.4, -0.2) is 11.6 Å². The molecule has 1 aromatic rings. The van der Waals surface area contributed by atoms with Crippen molar-refractivity contribution in [1.82, 2.24) is 4.98 Å². The summed E-state index contributed by atoms with van der Waals surface area (Å²) in [5.74, 6) is 0. The summed E-state index contributed by atoms with van der Waals surface area (Å²) in [5, 5.41) is 8.62. The molecule has 0 saturated carbocycles. The molecule has 2 rings (SSSR count). The van der Waals surface area contributed by atoms with Crippen LogP contribution in [-0.2, 0) is 4.74 Å². The molecule has 2 heterocycles. The van der Waals surface area contributed by atoms with Crippen LogP contribution in [0.2, 0.25) is 0 Å². The molecule has 1 aromatic heterocycles. The third kappa shape index (κ3) is 1.91. The minimum Gasteiger partial charge on any atom is -0.372 e. The second kappa shape index (κ2) is 4.21. The lowest BCUT2D eigenvalue weighted by Crippen LogP contribution is -2.12. The molecule has 0 spiro atoms. The van der Waals surface area contributed by atoms with Crippen molar-refractivity contribution in [1.29, 1.82) is 5.26 Å². The number of pyridine rings is 1. The van der Waals surface area contributed by atoms with Gasteiger partial charge in [0.2, 0.25) is 0 Å². The Balaban J connectivity index is 2.12. The number of nitriles is 1. The standard InChI is InChI=1S/C11H12N2O/c12-7-9-4-5-10(13-8-9)11-3-1-2-6-14-11/h4-5,8,11H,1-3,6H2. The second-order valence-corrected chi connectivity index (χ2v) is 3.44. The van der Waals surface area contributed by atoms with E-state index in [1.807, 2.05) is 6.07 Å². The molecule has 0 bridgehead atoms. The van der Waals surface area contributed by atoms with Crippen LogP contribution < -0.4 is 0 Å². The zero-order valence-electron chi connectivity index (χ0n) is 7.94. The average Bonchev–Trinajstić information content (AvgIpc) is 2.30. The Morgan fingerprint density at radius 2 is 2.36 bits per heavy atom. The Morgan fingerprint density at radius 1 is 1.43 bits per heavy atom. The van der Waals surface area contributed by atoms with E-state index in [2.05, 4.69) is 11.1 Å². The highest BCUT2D eigenvalue weighted by Crippen LogP contribution is 2.26. The van der Waals surface area contributed by atoms with E-state index in [-0.39, 0.29) is 6.10 Å². The third-order valence-electron chi connectivity index (χ3n) is 2.43. The number of hydrogen-bond acceptors (Lipinski definition) is 3. The average molecular weight is 188 g/mol. The summed E-state index contributed by atoms with van der Waals surface area (Å²) in [4.78, 5) is 4.23. The van der Waals surface area contributed by atoms with Gasteiger partial charge in [0, 0.05) is 12.8 Å². The van der Waals surface area contributed by atoms with E-state index in [0.717, 1.165) is 25.1 Å². The van der Waals surface area contributed by atoms with E-state index in [4.69, 9.17) is 10.00 Å². The Kier molecular flexibility index (Phi) is 2.76. The fraction of sp³-hybridized carbons (Fsp3) is 0.455. The summed E-state index contributed by atoms with van der Waals surface area (Å²) in [7, 11) is 0. The zero-order valence-corrected chi connectivity index (χ0v) is 7.94. The largest absolute Gasteiger partial charge is 0.372 e. The van der Waals surface area contributed by atoms with Crippen LogP contribution in [0, 0.1) is 11.3 Å². The summed E-state index contributed by atoms with van der Waals surface area (Å²) in [6, 6.07) is 5.73. The van der Waals surface area contributed by atoms with Gasteiger partial charge >= 0.3 is 0 Å². The molecule has 1 aliphatic rings. The molecular weight excluding hydrogens is 176 g/mol. The molecule has 0 N–H and O–H groups in total. The monoisotopic (exact) mass is 188 g/mol. The Labute approximate surface area is 83.3 Å². The first-order valence-electron chi connectivity index (χ1n) is 4.88. The lowest BCUT2D eigenvalue weighted by atomic mass is 10.1. The molecule has 72 valence electrons. The minimum atomic E-state index is 0.136. The summed E-state index contributed by atoms with van der Waals surface area (Å²) in [5.41, 5.74) is 1.55. The summed E-state index contributed by atoms with van der Waals surface area (Å²) >= 11 is 0. The molecule has 1 unspecified atom stereocenters. The van der Waals surface area contributed by atoms with Gasteiger partial charge in [0.1, 0.15) is 6.07 Å². The molecule has 1 saturated heterocycles. The van der Waals surface area contributed by atoms with Crippen molar-refractivity contribution < 1.29 is 4.74 Å². The maximum absolute atomic E-state index is 8.62. The van der Waals surface area contributed by atoms with Gasteiger partial charge in [-0.05, 0) is 31.4 Å². The molecule has 0 aliphatic carbocycles. The highest BCUT2D eigenvalue weighted by Gasteiger charge is 2.16. The fourth-order valence-corrected chi connectivity index (χ4v) is 1.64. The topological polar surface area (TPSA) is 45.9 Å². The number of nitrogens with zero attached hydrogens (tertiary/aromatic N) is 2. The molecule has 0 amide bonds. The first-order chi connectivity index (χ1) is 6.90. The first-order valence-corrected chi connectivity index (χ1v) is 4.88. The zero-order chi connectivity index (χ0) is 9.80. The van der Waals surface area contributed by atoms with E-state index < -0.39 is 0 Å². The van der Waals surface area contributed by atoms with Crippen molar-refractivity contribution in [3.63, 3.8) is 0 Å². The van der Waals surface area contributed by atoms with Crippen molar-refractivity contribution in [3.8, 4) is 6.07 Å². The fourth-order valence-electron chi connectivity index (χ4n) is 1.64. The van der Waals surface area contributed by atoms with Crippen molar-refractivity contribution in [2.45, 2.75) is 25.4 Å². The van der Waals surface area contributed by atoms with Gasteiger partial charge in [-0.15, -0.1) is 0 Å². The van der Waals surface area contributed by atoms with E-state index in [9.17, 15) is 0 Å². The highest BCUT2D eigenvalue weighted by molar-refractivity contribution is 5.26. The Hall–Kier alpha value is -1.40. The Morgan fingerprint density at radius 3 is 2.93 bits per heavy atom. The Bertz CT molecular complexity index is 333. The summed E-state index contributed by atoms with van der Waals surface area (Å²) in [6.07, 6.45) is 5.13. The molecule has 1 aliphatic heterocycles. The van der Waals surface area contributed by atoms with Gasteiger partial charge in [-0.3, -0.25) is 4.98 Å². The number of ether oxygens (including phenoxy) is 1. The first kappa shape index (κ1) is 9.17. The smallest absolute Gasteiger partial charge is 0.101 e. The molecule has 3 heteroatoms. The van der Waals surface area contributed by atoms with Crippen molar-refractivity contribution in [3.05, 3.63) is 29.6 Å². The maximum atomic E-state index is 8.62. The van der Waals surface area contributed by atoms with Crippen LogP contribution in [0.1, 0.15) is 36.6 Å². The predicted octanol–water partition coefficient (Wildman–Crippen LogP) is 2.19. The number of hydrogen-bond donors (Lipinski definition) is 0. The van der Waals surface area contributed by atoms with Crippen LogP contribution >= 0.6 is 0 Å². The molecular formula is C11H12N2O. The maximum Gasteiger partial charge on any atom is 0.101 e. The lowest BCUT2D eigenvalue weighted by Gasteiger charge is -2.21. The van der Waals surface area contributed by atoms with Crippen molar-refractivity contribution in [2.24, 2.45) is 0 Å². The molecule has 3 nitrogen and oxygen atoms in total. The molecule has 14 heavy (non-hydrogen) atoms. The van der Waals surface area contributed by atoms with Gasteiger partial charge in [0.25, 0.3) is 0 Å². The van der Waals surface area contributed by atoms with Crippen LogP contribution in [0.15, 0.2) is 18.3 Å². The number of aromatic nitrogens is 1. The quantitative estimate of drug-likeness (QED) is 0.678. The van der Waals surface area contributed by atoms with E-state index in [0.29, 0.717) is 5.56 Å². The molecule has 1 atom stereocenters. The van der Waals surface area contributed by atoms with E-state index >= 15 is 0 Å². The van der Waals surface area contributed by atoms with Crippen LogP contribution in [0.3, 0.4) is 0 Å². The summed E-state index contributed by atoms with van der Waals surface area (Å²) in [6.45, 7) is 0.826. The van der Waals surface area contributed by atoms with E-state index in [1.165, 1.54) is 6.42 Å². The van der Waals surface area contributed by atoms with Crippen LogP contribution in [0.25, 0.3) is 0 Å². The van der Waals surface area contributed by atoms with Crippen LogP contribution in [0.5, 0.6) is 0 Å². The summed E-state index contributed by atoms with van der Waals surface area (Å²) < 4.78 is 5.59. The van der Waals surface area contributed by atoms with Gasteiger partial charge < -0.3 is 4.74 Å². The highest BCUT2D eigenvalue weighted by atomic mass is 16.5. The van der Waals surface area contributed by atoms with Crippen LogP contribution in [0.4, 0.5) is 0 Å². The van der Waals surface area contributed by atoms with E-state index in [1.54, 1.807) is 12.3 Å².